The molecule has 0 saturated heterocycles. The van der Waals surface area contributed by atoms with Crippen molar-refractivity contribution in [2.45, 2.75) is 51.1 Å². The lowest BCUT2D eigenvalue weighted by molar-refractivity contribution is -0.117. The molecule has 0 aliphatic heterocycles. The van der Waals surface area contributed by atoms with Gasteiger partial charge < -0.3 is 11.1 Å². The Morgan fingerprint density at radius 1 is 1.59 bits per heavy atom. The summed E-state index contributed by atoms with van der Waals surface area (Å²) < 4.78 is 1.78. The van der Waals surface area contributed by atoms with Crippen LogP contribution in [0.15, 0.2) is 12.3 Å². The first-order valence-corrected chi connectivity index (χ1v) is 6.23. The van der Waals surface area contributed by atoms with Crippen molar-refractivity contribution < 1.29 is 4.79 Å². The molecule has 2 rings (SSSR count). The van der Waals surface area contributed by atoms with Gasteiger partial charge in [0.25, 0.3) is 0 Å². The van der Waals surface area contributed by atoms with Crippen molar-refractivity contribution in [3.63, 3.8) is 0 Å². The standard InChI is InChI=1S/C12H20N4O/c1-2-16-8-5-10(15-16)14-11(17)9-12(13)6-3-4-7-12/h5,8H,2-4,6-7,9,13H2,1H3,(H,14,15,17). The van der Waals surface area contributed by atoms with Crippen molar-refractivity contribution in [1.82, 2.24) is 9.78 Å². The first-order valence-electron chi connectivity index (χ1n) is 6.23. The molecule has 1 aromatic heterocycles. The number of rotatable bonds is 4. The Morgan fingerprint density at radius 2 is 2.29 bits per heavy atom. The Balaban J connectivity index is 1.88. The highest BCUT2D eigenvalue weighted by molar-refractivity contribution is 5.90. The van der Waals surface area contributed by atoms with E-state index in [9.17, 15) is 4.79 Å². The molecule has 17 heavy (non-hydrogen) atoms. The van der Waals surface area contributed by atoms with Gasteiger partial charge in [-0.05, 0) is 19.8 Å². The number of hydrogen-bond donors (Lipinski definition) is 2. The monoisotopic (exact) mass is 236 g/mol. The van der Waals surface area contributed by atoms with E-state index >= 15 is 0 Å². The van der Waals surface area contributed by atoms with E-state index in [0.717, 1.165) is 32.2 Å². The van der Waals surface area contributed by atoms with Crippen LogP contribution in [0.4, 0.5) is 5.82 Å². The van der Waals surface area contributed by atoms with Gasteiger partial charge in [0.1, 0.15) is 0 Å². The lowest BCUT2D eigenvalue weighted by Crippen LogP contribution is -2.40. The van der Waals surface area contributed by atoms with Crippen LogP contribution < -0.4 is 11.1 Å². The van der Waals surface area contributed by atoms with Gasteiger partial charge in [-0.15, -0.1) is 0 Å². The van der Waals surface area contributed by atoms with E-state index in [1.54, 1.807) is 10.7 Å². The van der Waals surface area contributed by atoms with Crippen molar-refractivity contribution in [2.75, 3.05) is 5.32 Å². The fraction of sp³-hybridized carbons (Fsp3) is 0.667. The molecule has 1 heterocycles. The number of carbonyl (C=O) groups is 1. The van der Waals surface area contributed by atoms with Crippen LogP contribution in [0, 0.1) is 0 Å². The number of nitrogens with two attached hydrogens (primary N) is 1. The third-order valence-electron chi connectivity index (χ3n) is 3.34. The lowest BCUT2D eigenvalue weighted by Gasteiger charge is -2.22. The summed E-state index contributed by atoms with van der Waals surface area (Å²) in [6.45, 7) is 2.81. The van der Waals surface area contributed by atoms with Gasteiger partial charge in [-0.25, -0.2) is 0 Å². The van der Waals surface area contributed by atoms with Gasteiger partial charge in [-0.1, -0.05) is 12.8 Å². The maximum absolute atomic E-state index is 11.8. The molecule has 0 atom stereocenters. The first kappa shape index (κ1) is 12.1. The summed E-state index contributed by atoms with van der Waals surface area (Å²) >= 11 is 0. The van der Waals surface area contributed by atoms with Gasteiger partial charge in [0.15, 0.2) is 5.82 Å². The van der Waals surface area contributed by atoms with Gasteiger partial charge in [-0.3, -0.25) is 9.48 Å². The number of aromatic nitrogens is 2. The van der Waals surface area contributed by atoms with Gasteiger partial charge in [0.2, 0.25) is 5.91 Å². The summed E-state index contributed by atoms with van der Waals surface area (Å²) in [6, 6.07) is 1.80. The van der Waals surface area contributed by atoms with Crippen molar-refractivity contribution in [3.8, 4) is 0 Å². The number of anilines is 1. The fourth-order valence-corrected chi connectivity index (χ4v) is 2.37. The van der Waals surface area contributed by atoms with Gasteiger partial charge in [-0.2, -0.15) is 5.10 Å². The maximum atomic E-state index is 11.8. The zero-order valence-electron chi connectivity index (χ0n) is 10.3. The van der Waals surface area contributed by atoms with Crippen molar-refractivity contribution in [3.05, 3.63) is 12.3 Å². The number of nitrogens with zero attached hydrogens (tertiary/aromatic N) is 2. The predicted molar refractivity (Wildman–Crippen MR) is 66.5 cm³/mol. The zero-order chi connectivity index (χ0) is 12.3. The van der Waals surface area contributed by atoms with E-state index in [4.69, 9.17) is 5.73 Å². The quantitative estimate of drug-likeness (QED) is 0.832. The van der Waals surface area contributed by atoms with Crippen LogP contribution in [0.3, 0.4) is 0 Å². The number of carbonyl (C=O) groups excluding carboxylic acids is 1. The van der Waals surface area contributed by atoms with E-state index in [2.05, 4.69) is 10.4 Å². The normalized spacial score (nSPS) is 18.2. The molecule has 1 saturated carbocycles. The Labute approximate surface area is 101 Å². The lowest BCUT2D eigenvalue weighted by atomic mass is 9.94. The number of nitrogens with one attached hydrogen (secondary N) is 1. The van der Waals surface area contributed by atoms with Crippen LogP contribution in [-0.2, 0) is 11.3 Å². The molecule has 0 spiro atoms. The molecule has 1 fully saturated rings. The number of aryl methyl sites for hydroxylation is 1. The molecule has 3 N–H and O–H groups in total. The molecule has 5 heteroatoms. The molecule has 0 unspecified atom stereocenters. The summed E-state index contributed by atoms with van der Waals surface area (Å²) in [7, 11) is 0. The predicted octanol–water partition coefficient (Wildman–Crippen LogP) is 1.50. The van der Waals surface area contributed by atoms with E-state index in [-0.39, 0.29) is 11.4 Å². The Kier molecular flexibility index (Phi) is 3.47. The molecule has 0 aromatic carbocycles. The van der Waals surface area contributed by atoms with Crippen LogP contribution in [0.5, 0.6) is 0 Å². The molecule has 0 radical (unpaired) electrons. The summed E-state index contributed by atoms with van der Waals surface area (Å²) in [5, 5.41) is 7.01. The van der Waals surface area contributed by atoms with Crippen LogP contribution in [-0.4, -0.2) is 21.2 Å². The topological polar surface area (TPSA) is 72.9 Å². The molecular formula is C12H20N4O. The second kappa shape index (κ2) is 4.87. The minimum Gasteiger partial charge on any atom is -0.325 e. The van der Waals surface area contributed by atoms with Gasteiger partial charge in [0, 0.05) is 30.8 Å². The van der Waals surface area contributed by atoms with E-state index in [0.29, 0.717) is 12.2 Å². The average molecular weight is 236 g/mol. The summed E-state index contributed by atoms with van der Waals surface area (Å²) in [6.07, 6.45) is 6.41. The SMILES string of the molecule is CCn1ccc(NC(=O)CC2(N)CCCC2)n1. The minimum atomic E-state index is -0.294. The third-order valence-corrected chi connectivity index (χ3v) is 3.34. The third kappa shape index (κ3) is 3.06. The second-order valence-corrected chi connectivity index (χ2v) is 4.85. The van der Waals surface area contributed by atoms with Crippen LogP contribution in [0.25, 0.3) is 0 Å². The van der Waals surface area contributed by atoms with Gasteiger partial charge >= 0.3 is 0 Å². The summed E-state index contributed by atoms with van der Waals surface area (Å²) in [5.74, 6) is 0.578. The Morgan fingerprint density at radius 3 is 2.88 bits per heavy atom. The highest BCUT2D eigenvalue weighted by atomic mass is 16.1. The fourth-order valence-electron chi connectivity index (χ4n) is 2.37. The smallest absolute Gasteiger partial charge is 0.227 e. The average Bonchev–Trinajstić information content (AvgIpc) is 2.87. The Bertz CT molecular complexity index is 393. The van der Waals surface area contributed by atoms with Crippen molar-refractivity contribution in [1.29, 1.82) is 0 Å². The largest absolute Gasteiger partial charge is 0.325 e. The molecular weight excluding hydrogens is 216 g/mol. The van der Waals surface area contributed by atoms with Crippen LogP contribution in [0.2, 0.25) is 0 Å². The maximum Gasteiger partial charge on any atom is 0.227 e. The molecule has 1 amide bonds. The zero-order valence-corrected chi connectivity index (χ0v) is 10.3. The number of amides is 1. The summed E-state index contributed by atoms with van der Waals surface area (Å²) in [5.41, 5.74) is 5.86. The number of hydrogen-bond acceptors (Lipinski definition) is 3. The van der Waals surface area contributed by atoms with Crippen molar-refractivity contribution in [2.24, 2.45) is 5.73 Å². The molecule has 0 bridgehead atoms. The van der Waals surface area contributed by atoms with Crippen LogP contribution in [0.1, 0.15) is 39.0 Å². The highest BCUT2D eigenvalue weighted by Gasteiger charge is 2.31. The van der Waals surface area contributed by atoms with Crippen molar-refractivity contribution >= 4 is 11.7 Å². The molecule has 1 aromatic rings. The molecule has 5 nitrogen and oxygen atoms in total. The van der Waals surface area contributed by atoms with Crippen LogP contribution >= 0.6 is 0 Å². The van der Waals surface area contributed by atoms with E-state index in [1.807, 2.05) is 13.1 Å². The minimum absolute atomic E-state index is 0.0317. The van der Waals surface area contributed by atoms with E-state index < -0.39 is 0 Å². The first-order chi connectivity index (χ1) is 8.11. The summed E-state index contributed by atoms with van der Waals surface area (Å²) in [4.78, 5) is 11.8. The molecule has 1 aliphatic carbocycles. The second-order valence-electron chi connectivity index (χ2n) is 4.85. The Hall–Kier alpha value is -1.36. The van der Waals surface area contributed by atoms with Gasteiger partial charge in [0.05, 0.1) is 0 Å². The molecule has 94 valence electrons. The van der Waals surface area contributed by atoms with E-state index in [1.165, 1.54) is 0 Å². The highest BCUT2D eigenvalue weighted by Crippen LogP contribution is 2.30. The molecule has 1 aliphatic rings.